The van der Waals surface area contributed by atoms with Crippen molar-refractivity contribution in [2.24, 2.45) is 0 Å². The largest absolute Gasteiger partial charge is 0.490 e. The van der Waals surface area contributed by atoms with Gasteiger partial charge in [-0.1, -0.05) is 42.3 Å². The highest BCUT2D eigenvalue weighted by Crippen LogP contribution is 2.45. The molecule has 1 unspecified atom stereocenters. The lowest BCUT2D eigenvalue weighted by Crippen LogP contribution is -2.29. The number of amides is 1. The van der Waals surface area contributed by atoms with Gasteiger partial charge >= 0.3 is 5.97 Å². The van der Waals surface area contributed by atoms with Crippen molar-refractivity contribution in [3.63, 3.8) is 0 Å². The van der Waals surface area contributed by atoms with Crippen molar-refractivity contribution in [2.75, 3.05) is 24.7 Å². The van der Waals surface area contributed by atoms with Crippen molar-refractivity contribution in [3.8, 4) is 11.5 Å². The van der Waals surface area contributed by atoms with Crippen molar-refractivity contribution in [3.05, 3.63) is 79.1 Å². The maximum atomic E-state index is 14.0. The van der Waals surface area contributed by atoms with E-state index in [1.165, 1.54) is 11.0 Å². The summed E-state index contributed by atoms with van der Waals surface area (Å²) in [4.78, 5) is 46.7. The van der Waals surface area contributed by atoms with Gasteiger partial charge in [-0.05, 0) is 63.1 Å². The lowest BCUT2D eigenvalue weighted by atomic mass is 9.98. The number of rotatable bonds is 10. The van der Waals surface area contributed by atoms with E-state index in [9.17, 15) is 14.4 Å². The lowest BCUT2D eigenvalue weighted by molar-refractivity contribution is 0.0531. The van der Waals surface area contributed by atoms with Gasteiger partial charge in [0.25, 0.3) is 5.91 Å². The minimum atomic E-state index is -0.915. The third-order valence-corrected chi connectivity index (χ3v) is 8.00. The van der Waals surface area contributed by atoms with Crippen molar-refractivity contribution in [1.82, 2.24) is 4.98 Å². The molecule has 0 aliphatic carbocycles. The Labute approximate surface area is 245 Å². The van der Waals surface area contributed by atoms with E-state index >= 15 is 0 Å². The van der Waals surface area contributed by atoms with Crippen molar-refractivity contribution < 1.29 is 28.2 Å². The third-order valence-electron chi connectivity index (χ3n) is 6.62. The van der Waals surface area contributed by atoms with Gasteiger partial charge in [0.2, 0.25) is 5.76 Å². The summed E-state index contributed by atoms with van der Waals surface area (Å²) in [7, 11) is 0. The van der Waals surface area contributed by atoms with Crippen LogP contribution in [0.5, 0.6) is 11.5 Å². The highest BCUT2D eigenvalue weighted by molar-refractivity contribution is 7.17. The Kier molecular flexibility index (Phi) is 8.32. The Morgan fingerprint density at radius 3 is 2.61 bits per heavy atom. The predicted octanol–water partition coefficient (Wildman–Crippen LogP) is 6.72. The van der Waals surface area contributed by atoms with E-state index in [-0.39, 0.29) is 44.3 Å². The van der Waals surface area contributed by atoms with Gasteiger partial charge in [-0.2, -0.15) is 0 Å². The monoisotopic (exact) mass is 596 g/mol. The molecule has 0 bridgehead atoms. The molecular weight excluding hydrogens is 568 g/mol. The number of aryl methyl sites for hydroxylation is 1. The summed E-state index contributed by atoms with van der Waals surface area (Å²) in [5.74, 6) is -0.132. The molecule has 41 heavy (non-hydrogen) atoms. The molecule has 1 atom stereocenters. The summed E-state index contributed by atoms with van der Waals surface area (Å²) in [5, 5.41) is 0.849. The highest BCUT2D eigenvalue weighted by Gasteiger charge is 2.45. The minimum absolute atomic E-state index is 0.0957. The fourth-order valence-corrected chi connectivity index (χ4v) is 5.90. The van der Waals surface area contributed by atoms with Crippen LogP contribution in [0.3, 0.4) is 0 Å². The van der Waals surface area contributed by atoms with E-state index < -0.39 is 17.9 Å². The molecule has 1 aliphatic rings. The minimum Gasteiger partial charge on any atom is -0.490 e. The topological polar surface area (TPSA) is 108 Å². The van der Waals surface area contributed by atoms with Gasteiger partial charge in [0.1, 0.15) is 10.5 Å². The zero-order valence-corrected chi connectivity index (χ0v) is 24.7. The van der Waals surface area contributed by atoms with Crippen LogP contribution in [0.25, 0.3) is 11.0 Å². The Bertz CT molecular complexity index is 1700. The maximum Gasteiger partial charge on any atom is 0.350 e. The maximum absolute atomic E-state index is 14.0. The molecule has 1 amide bonds. The number of aromatic nitrogens is 1. The highest BCUT2D eigenvalue weighted by atomic mass is 35.5. The van der Waals surface area contributed by atoms with Crippen LogP contribution in [0.2, 0.25) is 5.02 Å². The second kappa shape index (κ2) is 11.9. The summed E-state index contributed by atoms with van der Waals surface area (Å²) in [5.41, 5.74) is 1.01. The molecule has 0 radical (unpaired) electrons. The molecule has 0 spiro atoms. The number of benzene rings is 2. The smallest absolute Gasteiger partial charge is 0.350 e. The summed E-state index contributed by atoms with van der Waals surface area (Å²) < 4.78 is 23.1. The van der Waals surface area contributed by atoms with Gasteiger partial charge < -0.3 is 18.6 Å². The second-order valence-corrected chi connectivity index (χ2v) is 10.8. The van der Waals surface area contributed by atoms with Gasteiger partial charge in [0, 0.05) is 5.02 Å². The Morgan fingerprint density at radius 2 is 1.88 bits per heavy atom. The number of ether oxygens (including phenoxy) is 3. The van der Waals surface area contributed by atoms with Crippen molar-refractivity contribution in [2.45, 2.75) is 46.6 Å². The number of nitrogens with zero attached hydrogens (tertiary/aromatic N) is 2. The van der Waals surface area contributed by atoms with Gasteiger partial charge in [-0.25, -0.2) is 9.78 Å². The number of anilines is 1. The molecule has 214 valence electrons. The summed E-state index contributed by atoms with van der Waals surface area (Å²) in [6.07, 6.45) is 1.86. The van der Waals surface area contributed by atoms with Crippen LogP contribution in [0.1, 0.15) is 76.7 Å². The molecule has 2 aromatic carbocycles. The lowest BCUT2D eigenvalue weighted by Gasteiger charge is -2.23. The molecule has 3 heterocycles. The van der Waals surface area contributed by atoms with Crippen LogP contribution in [0.4, 0.5) is 5.13 Å². The van der Waals surface area contributed by atoms with E-state index in [2.05, 4.69) is 11.9 Å². The molecule has 0 fully saturated rings. The first kappa shape index (κ1) is 28.6. The Morgan fingerprint density at radius 1 is 1.07 bits per heavy atom. The van der Waals surface area contributed by atoms with Crippen LogP contribution < -0.4 is 19.8 Å². The SMILES string of the molecule is CCCCOc1ccc(C2c3c(oc4ccc(Cl)cc4c3=O)C(=O)N2c2nc(C)c(C(=O)OCC)s2)cc1OCC. The number of halogens is 1. The molecule has 5 rings (SSSR count). The number of hydrogen-bond acceptors (Lipinski definition) is 9. The van der Waals surface area contributed by atoms with Crippen LogP contribution >= 0.6 is 22.9 Å². The van der Waals surface area contributed by atoms with Crippen LogP contribution in [-0.4, -0.2) is 36.7 Å². The third kappa shape index (κ3) is 5.29. The van der Waals surface area contributed by atoms with E-state index in [0.29, 0.717) is 41.0 Å². The zero-order valence-electron chi connectivity index (χ0n) is 23.1. The molecule has 0 saturated carbocycles. The summed E-state index contributed by atoms with van der Waals surface area (Å²) >= 11 is 7.23. The average molecular weight is 597 g/mol. The Balaban J connectivity index is 1.71. The van der Waals surface area contributed by atoms with Crippen LogP contribution in [-0.2, 0) is 4.74 Å². The number of carbonyl (C=O) groups excluding carboxylic acids is 2. The standard InChI is InChI=1S/C30H29ClN2O7S/c1-5-8-13-39-21-11-9-17(14-22(21)37-6-2)24-23-25(34)19-15-18(31)10-12-20(19)40-26(23)28(35)33(24)30-32-16(4)27(41-30)29(36)38-7-3/h9-12,14-15,24H,5-8,13H2,1-4H3. The first-order valence-corrected chi connectivity index (χ1v) is 14.6. The number of hydrogen-bond donors (Lipinski definition) is 0. The van der Waals surface area contributed by atoms with E-state index in [4.69, 9.17) is 30.2 Å². The molecule has 1 aliphatic heterocycles. The fourth-order valence-electron chi connectivity index (χ4n) is 4.74. The van der Waals surface area contributed by atoms with E-state index in [0.717, 1.165) is 24.2 Å². The summed E-state index contributed by atoms with van der Waals surface area (Å²) in [6.45, 7) is 8.44. The van der Waals surface area contributed by atoms with Gasteiger partial charge in [-0.15, -0.1) is 0 Å². The van der Waals surface area contributed by atoms with Crippen LogP contribution in [0.15, 0.2) is 45.6 Å². The Hall–Kier alpha value is -3.89. The van der Waals surface area contributed by atoms with Crippen molar-refractivity contribution in [1.29, 1.82) is 0 Å². The number of fused-ring (bicyclic) bond motifs is 2. The molecule has 0 N–H and O–H groups in total. The number of thiazole rings is 1. The van der Waals surface area contributed by atoms with Crippen molar-refractivity contribution >= 4 is 50.9 Å². The number of unbranched alkanes of at least 4 members (excludes halogenated alkanes) is 1. The van der Waals surface area contributed by atoms with Gasteiger partial charge in [0.15, 0.2) is 22.1 Å². The van der Waals surface area contributed by atoms with Gasteiger partial charge in [0.05, 0.1) is 42.5 Å². The van der Waals surface area contributed by atoms with E-state index in [1.54, 1.807) is 44.2 Å². The molecule has 2 aromatic heterocycles. The molecule has 9 nitrogen and oxygen atoms in total. The summed E-state index contributed by atoms with van der Waals surface area (Å²) in [6, 6.07) is 9.09. The predicted molar refractivity (Wildman–Crippen MR) is 157 cm³/mol. The molecular formula is C30H29ClN2O7S. The molecule has 4 aromatic rings. The normalized spacial score (nSPS) is 14.4. The zero-order chi connectivity index (χ0) is 29.3. The average Bonchev–Trinajstić information content (AvgIpc) is 3.47. The number of carbonyl (C=O) groups is 2. The van der Waals surface area contributed by atoms with Crippen LogP contribution in [0, 0.1) is 6.92 Å². The first-order chi connectivity index (χ1) is 19.8. The first-order valence-electron chi connectivity index (χ1n) is 13.4. The number of esters is 1. The van der Waals surface area contributed by atoms with Gasteiger partial charge in [-0.3, -0.25) is 14.5 Å². The fraction of sp³-hybridized carbons (Fsp3) is 0.333. The molecule has 11 heteroatoms. The van der Waals surface area contributed by atoms with E-state index in [1.807, 2.05) is 6.92 Å². The molecule has 0 saturated heterocycles. The quantitative estimate of drug-likeness (QED) is 0.147. The second-order valence-electron chi connectivity index (χ2n) is 9.36.